The second kappa shape index (κ2) is 5.07. The molecule has 1 atom stereocenters. The highest BCUT2D eigenvalue weighted by atomic mass is 16.4. The largest absolute Gasteiger partial charge is 0.480 e. The third-order valence-electron chi connectivity index (χ3n) is 1.79. The molecule has 1 heterocycles. The monoisotopic (exact) mass is 243 g/mol. The zero-order valence-corrected chi connectivity index (χ0v) is 8.39. The van der Waals surface area contributed by atoms with Crippen LogP contribution in [-0.2, 0) is 4.79 Å². The minimum Gasteiger partial charge on any atom is -0.480 e. The van der Waals surface area contributed by atoms with Gasteiger partial charge in [-0.15, -0.1) is 0 Å². The van der Waals surface area contributed by atoms with Crippen LogP contribution in [0.2, 0.25) is 0 Å². The third kappa shape index (κ3) is 3.28. The van der Waals surface area contributed by atoms with Gasteiger partial charge in [-0.05, 0) is 0 Å². The van der Waals surface area contributed by atoms with Crippen molar-refractivity contribution in [3.63, 3.8) is 0 Å². The van der Waals surface area contributed by atoms with Crippen LogP contribution in [0, 0.1) is 0 Å². The summed E-state index contributed by atoms with van der Waals surface area (Å²) in [4.78, 5) is 47.5. The van der Waals surface area contributed by atoms with E-state index in [1.165, 1.54) is 0 Å². The average molecular weight is 243 g/mol. The van der Waals surface area contributed by atoms with Gasteiger partial charge in [-0.3, -0.25) is 14.6 Å². The topological polar surface area (TPSA) is 152 Å². The summed E-state index contributed by atoms with van der Waals surface area (Å²) >= 11 is 0. The number of aliphatic carboxylic acids is 1. The summed E-state index contributed by atoms with van der Waals surface area (Å²) < 4.78 is 0. The van der Waals surface area contributed by atoms with E-state index in [1.807, 2.05) is 15.3 Å². The Morgan fingerprint density at radius 2 is 2.00 bits per heavy atom. The maximum Gasteiger partial charge on any atom is 0.328 e. The fourth-order valence-corrected chi connectivity index (χ4v) is 1.01. The first kappa shape index (κ1) is 12.6. The van der Waals surface area contributed by atoms with Gasteiger partial charge in [-0.1, -0.05) is 0 Å². The SMILES string of the molecule is O=C(N[C@H](CO)C(=O)O)c1cc(=O)[nH]c(=O)[nH]1. The van der Waals surface area contributed by atoms with Gasteiger partial charge in [0.05, 0.1) is 6.61 Å². The van der Waals surface area contributed by atoms with Gasteiger partial charge in [0.25, 0.3) is 11.5 Å². The number of rotatable bonds is 4. The highest BCUT2D eigenvalue weighted by Gasteiger charge is 2.20. The van der Waals surface area contributed by atoms with Gasteiger partial charge in [-0.2, -0.15) is 0 Å². The van der Waals surface area contributed by atoms with Crippen molar-refractivity contribution in [1.82, 2.24) is 15.3 Å². The molecule has 0 saturated heterocycles. The molecule has 0 aliphatic rings. The molecule has 9 nitrogen and oxygen atoms in total. The minimum atomic E-state index is -1.51. The fourth-order valence-electron chi connectivity index (χ4n) is 1.01. The molecule has 1 rings (SSSR count). The van der Waals surface area contributed by atoms with E-state index in [2.05, 4.69) is 0 Å². The first-order valence-corrected chi connectivity index (χ1v) is 4.42. The summed E-state index contributed by atoms with van der Waals surface area (Å²) in [6.07, 6.45) is 0. The van der Waals surface area contributed by atoms with Gasteiger partial charge in [0.2, 0.25) is 0 Å². The number of hydrogen-bond donors (Lipinski definition) is 5. The number of carbonyl (C=O) groups is 2. The number of aromatic amines is 2. The number of aliphatic hydroxyl groups is 1. The van der Waals surface area contributed by atoms with Crippen LogP contribution >= 0.6 is 0 Å². The van der Waals surface area contributed by atoms with Crippen molar-refractivity contribution in [2.24, 2.45) is 0 Å². The van der Waals surface area contributed by atoms with Gasteiger partial charge in [0, 0.05) is 6.07 Å². The minimum absolute atomic E-state index is 0.390. The summed E-state index contributed by atoms with van der Waals surface area (Å²) in [5.74, 6) is -2.41. The number of aromatic nitrogens is 2. The molecule has 17 heavy (non-hydrogen) atoms. The van der Waals surface area contributed by atoms with E-state index in [-0.39, 0.29) is 0 Å². The molecule has 1 aromatic heterocycles. The molecule has 0 aromatic carbocycles. The number of nitrogens with one attached hydrogen (secondary N) is 3. The summed E-state index contributed by atoms with van der Waals surface area (Å²) in [6, 6.07) is -0.710. The Labute approximate surface area is 93.1 Å². The van der Waals surface area contributed by atoms with Crippen LogP contribution in [0.25, 0.3) is 0 Å². The first-order valence-electron chi connectivity index (χ1n) is 4.42. The van der Waals surface area contributed by atoms with Crippen molar-refractivity contribution in [2.75, 3.05) is 6.61 Å². The normalized spacial score (nSPS) is 11.8. The molecule has 1 aromatic rings. The molecule has 0 fully saturated rings. The van der Waals surface area contributed by atoms with E-state index in [9.17, 15) is 19.2 Å². The Kier molecular flexibility index (Phi) is 3.78. The van der Waals surface area contributed by atoms with Crippen LogP contribution in [0.1, 0.15) is 10.5 Å². The fraction of sp³-hybridized carbons (Fsp3) is 0.250. The Morgan fingerprint density at radius 3 is 2.47 bits per heavy atom. The zero-order valence-electron chi connectivity index (χ0n) is 8.39. The predicted molar refractivity (Wildman–Crippen MR) is 53.7 cm³/mol. The van der Waals surface area contributed by atoms with Gasteiger partial charge in [-0.25, -0.2) is 9.59 Å². The molecule has 0 saturated carbocycles. The average Bonchev–Trinajstić information content (AvgIpc) is 2.23. The van der Waals surface area contributed by atoms with E-state index < -0.39 is 41.5 Å². The van der Waals surface area contributed by atoms with Crippen LogP contribution < -0.4 is 16.6 Å². The first-order chi connectivity index (χ1) is 7.93. The van der Waals surface area contributed by atoms with E-state index in [0.29, 0.717) is 0 Å². The zero-order chi connectivity index (χ0) is 13.0. The van der Waals surface area contributed by atoms with E-state index >= 15 is 0 Å². The van der Waals surface area contributed by atoms with Crippen LogP contribution in [-0.4, -0.2) is 44.7 Å². The smallest absolute Gasteiger partial charge is 0.328 e. The Hall–Kier alpha value is -2.42. The van der Waals surface area contributed by atoms with Crippen LogP contribution in [0.5, 0.6) is 0 Å². The number of H-pyrrole nitrogens is 2. The molecule has 0 spiro atoms. The van der Waals surface area contributed by atoms with Gasteiger partial charge in [0.15, 0.2) is 6.04 Å². The third-order valence-corrected chi connectivity index (χ3v) is 1.79. The molecule has 1 amide bonds. The molecule has 0 unspecified atom stereocenters. The summed E-state index contributed by atoms with van der Waals surface area (Å²) in [7, 11) is 0. The second-order valence-electron chi connectivity index (χ2n) is 3.05. The number of carboxylic acids is 1. The van der Waals surface area contributed by atoms with Crippen molar-refractivity contribution in [3.05, 3.63) is 32.6 Å². The predicted octanol–water partition coefficient (Wildman–Crippen LogP) is -2.76. The summed E-state index contributed by atoms with van der Waals surface area (Å²) in [6.45, 7) is -0.811. The van der Waals surface area contributed by atoms with Crippen molar-refractivity contribution < 1.29 is 19.8 Å². The molecule has 92 valence electrons. The van der Waals surface area contributed by atoms with E-state index in [1.54, 1.807) is 0 Å². The van der Waals surface area contributed by atoms with Gasteiger partial charge < -0.3 is 20.5 Å². The lowest BCUT2D eigenvalue weighted by atomic mass is 10.3. The van der Waals surface area contributed by atoms with E-state index in [0.717, 1.165) is 6.07 Å². The van der Waals surface area contributed by atoms with Crippen molar-refractivity contribution in [2.45, 2.75) is 6.04 Å². The van der Waals surface area contributed by atoms with Gasteiger partial charge >= 0.3 is 11.7 Å². The standard InChI is InChI=1S/C8H9N3O6/c12-2-4(7(15)16)9-6(14)3-1-5(13)11-8(17)10-3/h1,4,12H,2H2,(H,9,14)(H,15,16)(H2,10,11,13,17)/t4-/m1/s1. The number of carbonyl (C=O) groups excluding carboxylic acids is 1. The lowest BCUT2D eigenvalue weighted by Crippen LogP contribution is -2.44. The van der Waals surface area contributed by atoms with Crippen molar-refractivity contribution >= 4 is 11.9 Å². The number of amides is 1. The van der Waals surface area contributed by atoms with Crippen molar-refractivity contribution in [1.29, 1.82) is 0 Å². The molecule has 0 radical (unpaired) electrons. The highest BCUT2D eigenvalue weighted by molar-refractivity contribution is 5.94. The number of hydrogen-bond acceptors (Lipinski definition) is 5. The lowest BCUT2D eigenvalue weighted by molar-refractivity contribution is -0.140. The van der Waals surface area contributed by atoms with Gasteiger partial charge in [0.1, 0.15) is 5.69 Å². The van der Waals surface area contributed by atoms with Crippen molar-refractivity contribution in [3.8, 4) is 0 Å². The quantitative estimate of drug-likeness (QED) is 0.386. The molecule has 5 N–H and O–H groups in total. The molecule has 0 aliphatic heterocycles. The number of aliphatic hydroxyl groups excluding tert-OH is 1. The van der Waals surface area contributed by atoms with Crippen LogP contribution in [0.15, 0.2) is 15.7 Å². The van der Waals surface area contributed by atoms with E-state index in [4.69, 9.17) is 10.2 Å². The van der Waals surface area contributed by atoms with Crippen LogP contribution in [0.3, 0.4) is 0 Å². The highest BCUT2D eigenvalue weighted by Crippen LogP contribution is 1.89. The molecular formula is C8H9N3O6. The molecular weight excluding hydrogens is 234 g/mol. The molecule has 0 bridgehead atoms. The Morgan fingerprint density at radius 1 is 1.35 bits per heavy atom. The second-order valence-corrected chi connectivity index (χ2v) is 3.05. The Bertz CT molecular complexity index is 516. The molecule has 9 heteroatoms. The summed E-state index contributed by atoms with van der Waals surface area (Å²) in [5, 5.41) is 19.2. The lowest BCUT2D eigenvalue weighted by Gasteiger charge is -2.10. The van der Waals surface area contributed by atoms with Crippen LogP contribution in [0.4, 0.5) is 0 Å². The Balaban J connectivity index is 2.93. The summed E-state index contributed by atoms with van der Waals surface area (Å²) in [5.41, 5.74) is -2.08. The number of carboxylic acid groups (broad SMARTS) is 1. The maximum atomic E-state index is 11.4. The maximum absolute atomic E-state index is 11.4. The molecule has 0 aliphatic carbocycles.